The minimum absolute atomic E-state index is 0.0267. The molecule has 15 heavy (non-hydrogen) atoms. The van der Waals surface area contributed by atoms with E-state index >= 15 is 0 Å². The first-order valence-corrected chi connectivity index (χ1v) is 5.93. The van der Waals surface area contributed by atoms with Gasteiger partial charge in [-0.2, -0.15) is 0 Å². The number of nitrogens with zero attached hydrogens (tertiary/aromatic N) is 2. The van der Waals surface area contributed by atoms with Gasteiger partial charge < -0.3 is 5.73 Å². The molecule has 2 aliphatic rings. The minimum atomic E-state index is 0.0267. The van der Waals surface area contributed by atoms with Crippen LogP contribution >= 0.6 is 0 Å². The number of piperidine rings is 1. The van der Waals surface area contributed by atoms with Crippen LogP contribution in [0.4, 0.5) is 0 Å². The number of hydrogen-bond acceptors (Lipinski definition) is 3. The summed E-state index contributed by atoms with van der Waals surface area (Å²) in [7, 11) is 0. The molecule has 4 nitrogen and oxygen atoms in total. The summed E-state index contributed by atoms with van der Waals surface area (Å²) in [5.41, 5.74) is 5.82. The first-order chi connectivity index (χ1) is 7.09. The summed E-state index contributed by atoms with van der Waals surface area (Å²) in [5.74, 6) is 0.197. The van der Waals surface area contributed by atoms with Crippen LogP contribution in [0.1, 0.15) is 39.5 Å². The maximum absolute atomic E-state index is 11.8. The van der Waals surface area contributed by atoms with E-state index < -0.39 is 0 Å². The van der Waals surface area contributed by atoms with Gasteiger partial charge in [-0.05, 0) is 26.7 Å². The molecule has 4 heteroatoms. The van der Waals surface area contributed by atoms with E-state index in [9.17, 15) is 4.79 Å². The van der Waals surface area contributed by atoms with Crippen LogP contribution in [-0.4, -0.2) is 40.6 Å². The summed E-state index contributed by atoms with van der Waals surface area (Å²) in [5, 5.41) is 4.14. The Hall–Kier alpha value is -0.610. The van der Waals surface area contributed by atoms with Crippen LogP contribution in [0.3, 0.4) is 0 Å². The van der Waals surface area contributed by atoms with Crippen molar-refractivity contribution in [2.75, 3.05) is 6.54 Å². The average molecular weight is 211 g/mol. The molecule has 0 aromatic heterocycles. The van der Waals surface area contributed by atoms with E-state index in [1.54, 1.807) is 0 Å². The highest BCUT2D eigenvalue weighted by atomic mass is 16.2. The van der Waals surface area contributed by atoms with Gasteiger partial charge in [0, 0.05) is 24.5 Å². The van der Waals surface area contributed by atoms with Crippen molar-refractivity contribution in [3.05, 3.63) is 0 Å². The maximum Gasteiger partial charge on any atom is 0.238 e. The van der Waals surface area contributed by atoms with Crippen LogP contribution in [0.15, 0.2) is 0 Å². The predicted molar refractivity (Wildman–Crippen MR) is 58.9 cm³/mol. The Kier molecular flexibility index (Phi) is 2.98. The van der Waals surface area contributed by atoms with Crippen molar-refractivity contribution in [2.45, 2.75) is 57.7 Å². The van der Waals surface area contributed by atoms with Crippen molar-refractivity contribution in [1.29, 1.82) is 0 Å². The zero-order chi connectivity index (χ0) is 11.0. The predicted octanol–water partition coefficient (Wildman–Crippen LogP) is 0.724. The molecule has 0 aliphatic carbocycles. The Morgan fingerprint density at radius 2 is 1.87 bits per heavy atom. The van der Waals surface area contributed by atoms with E-state index in [1.807, 2.05) is 5.01 Å². The molecule has 0 aromatic carbocycles. The number of nitrogens with two attached hydrogens (primary N) is 1. The fourth-order valence-electron chi connectivity index (χ4n) is 2.82. The quantitative estimate of drug-likeness (QED) is 0.695. The van der Waals surface area contributed by atoms with E-state index in [0.717, 1.165) is 0 Å². The van der Waals surface area contributed by atoms with Gasteiger partial charge in [-0.15, -0.1) is 0 Å². The Labute approximate surface area is 91.4 Å². The molecule has 2 aliphatic heterocycles. The molecule has 86 valence electrons. The standard InChI is InChI=1S/C11H21N3O/c1-8-4-3-5-9(2)14(8)13-7-10(12)6-11(13)15/h8-10H,3-7,12H2,1-2H3. The molecule has 1 amide bonds. The van der Waals surface area contributed by atoms with Gasteiger partial charge >= 0.3 is 0 Å². The van der Waals surface area contributed by atoms with E-state index in [-0.39, 0.29) is 11.9 Å². The molecule has 2 saturated heterocycles. The third kappa shape index (κ3) is 2.01. The van der Waals surface area contributed by atoms with E-state index in [0.29, 0.717) is 25.0 Å². The monoisotopic (exact) mass is 211 g/mol. The maximum atomic E-state index is 11.8. The Bertz CT molecular complexity index is 246. The summed E-state index contributed by atoms with van der Waals surface area (Å²) in [6, 6.07) is 0.977. The van der Waals surface area contributed by atoms with Gasteiger partial charge in [0.1, 0.15) is 0 Å². The lowest BCUT2D eigenvalue weighted by atomic mass is 9.99. The third-order valence-corrected chi connectivity index (χ3v) is 3.56. The zero-order valence-corrected chi connectivity index (χ0v) is 9.65. The lowest BCUT2D eigenvalue weighted by Gasteiger charge is -2.44. The first kappa shape index (κ1) is 10.9. The molecule has 0 bridgehead atoms. The molecular weight excluding hydrogens is 190 g/mol. The second-order valence-corrected chi connectivity index (χ2v) is 4.95. The van der Waals surface area contributed by atoms with Gasteiger partial charge in [-0.25, -0.2) is 5.01 Å². The molecule has 2 N–H and O–H groups in total. The summed E-state index contributed by atoms with van der Waals surface area (Å²) < 4.78 is 0. The van der Waals surface area contributed by atoms with E-state index in [2.05, 4.69) is 18.9 Å². The van der Waals surface area contributed by atoms with Gasteiger partial charge in [-0.3, -0.25) is 9.80 Å². The highest BCUT2D eigenvalue weighted by molar-refractivity contribution is 5.78. The van der Waals surface area contributed by atoms with E-state index in [4.69, 9.17) is 5.73 Å². The van der Waals surface area contributed by atoms with Gasteiger partial charge in [0.25, 0.3) is 0 Å². The number of amides is 1. The van der Waals surface area contributed by atoms with Gasteiger partial charge in [0.15, 0.2) is 0 Å². The number of hydrogen-bond donors (Lipinski definition) is 1. The molecule has 3 atom stereocenters. The van der Waals surface area contributed by atoms with Crippen LogP contribution < -0.4 is 5.73 Å². The van der Waals surface area contributed by atoms with Crippen molar-refractivity contribution in [1.82, 2.24) is 10.0 Å². The fraction of sp³-hybridized carbons (Fsp3) is 0.909. The topological polar surface area (TPSA) is 49.6 Å². The SMILES string of the molecule is CC1CCCC(C)N1N1CC(N)CC1=O. The molecule has 2 rings (SSSR count). The first-order valence-electron chi connectivity index (χ1n) is 5.93. The molecule has 2 heterocycles. The number of carbonyl (C=O) groups excluding carboxylic acids is 1. The number of hydrazine groups is 1. The second kappa shape index (κ2) is 4.10. The summed E-state index contributed by atoms with van der Waals surface area (Å²) in [6.07, 6.45) is 4.15. The van der Waals surface area contributed by atoms with Crippen LogP contribution in [0, 0.1) is 0 Å². The third-order valence-electron chi connectivity index (χ3n) is 3.56. The zero-order valence-electron chi connectivity index (χ0n) is 9.65. The van der Waals surface area contributed by atoms with Crippen LogP contribution in [0.5, 0.6) is 0 Å². The van der Waals surface area contributed by atoms with Gasteiger partial charge in [0.2, 0.25) is 5.91 Å². The lowest BCUT2D eigenvalue weighted by molar-refractivity contribution is -0.156. The number of rotatable bonds is 1. The normalized spacial score (nSPS) is 38.7. The number of carbonyl (C=O) groups is 1. The molecule has 0 aromatic rings. The van der Waals surface area contributed by atoms with Crippen molar-refractivity contribution in [3.63, 3.8) is 0 Å². The summed E-state index contributed by atoms with van der Waals surface area (Å²) >= 11 is 0. The van der Waals surface area contributed by atoms with E-state index in [1.165, 1.54) is 19.3 Å². The lowest BCUT2D eigenvalue weighted by Crippen LogP contribution is -2.55. The van der Waals surface area contributed by atoms with Crippen LogP contribution in [0.2, 0.25) is 0 Å². The smallest absolute Gasteiger partial charge is 0.238 e. The summed E-state index contributed by atoms with van der Waals surface area (Å²) in [6.45, 7) is 5.10. The highest BCUT2D eigenvalue weighted by Gasteiger charge is 2.37. The molecule has 0 radical (unpaired) electrons. The van der Waals surface area contributed by atoms with Crippen LogP contribution in [-0.2, 0) is 4.79 Å². The molecule has 2 fully saturated rings. The largest absolute Gasteiger partial charge is 0.326 e. The van der Waals surface area contributed by atoms with Gasteiger partial charge in [0.05, 0.1) is 6.54 Å². The van der Waals surface area contributed by atoms with Crippen LogP contribution in [0.25, 0.3) is 0 Å². The Balaban J connectivity index is 2.10. The van der Waals surface area contributed by atoms with Crippen molar-refractivity contribution in [2.24, 2.45) is 5.73 Å². The molecule has 0 spiro atoms. The summed E-state index contributed by atoms with van der Waals surface area (Å²) in [4.78, 5) is 11.8. The molecular formula is C11H21N3O. The highest BCUT2D eigenvalue weighted by Crippen LogP contribution is 2.26. The van der Waals surface area contributed by atoms with Crippen molar-refractivity contribution in [3.8, 4) is 0 Å². The molecule has 3 unspecified atom stereocenters. The Morgan fingerprint density at radius 1 is 1.27 bits per heavy atom. The van der Waals surface area contributed by atoms with Gasteiger partial charge in [-0.1, -0.05) is 6.42 Å². The second-order valence-electron chi connectivity index (χ2n) is 4.95. The van der Waals surface area contributed by atoms with Crippen molar-refractivity contribution < 1.29 is 4.79 Å². The van der Waals surface area contributed by atoms with Crippen molar-refractivity contribution >= 4 is 5.91 Å². The Morgan fingerprint density at radius 3 is 2.33 bits per heavy atom. The fourth-order valence-corrected chi connectivity index (χ4v) is 2.82. The molecule has 0 saturated carbocycles. The average Bonchev–Trinajstić information content (AvgIpc) is 2.45. The minimum Gasteiger partial charge on any atom is -0.326 e.